The van der Waals surface area contributed by atoms with Gasteiger partial charge in [-0.1, -0.05) is 0 Å². The Morgan fingerprint density at radius 3 is 2.57 bits per heavy atom. The van der Waals surface area contributed by atoms with Crippen LogP contribution < -0.4 is 16.4 Å². The van der Waals surface area contributed by atoms with Crippen LogP contribution in [-0.4, -0.2) is 21.9 Å². The predicted molar refractivity (Wildman–Crippen MR) is 84.4 cm³/mol. The second-order valence-electron chi connectivity index (χ2n) is 5.27. The van der Waals surface area contributed by atoms with Gasteiger partial charge in [-0.05, 0) is 32.0 Å². The maximum absolute atomic E-state index is 14.2. The zero-order valence-corrected chi connectivity index (χ0v) is 12.7. The minimum atomic E-state index is -0.991. The van der Waals surface area contributed by atoms with Crippen LogP contribution in [0.2, 0.25) is 0 Å². The minimum absolute atomic E-state index is 0.0347. The molecule has 8 heteroatoms. The maximum Gasteiger partial charge on any atom is 0.181 e. The smallest absolute Gasteiger partial charge is 0.181 e. The van der Waals surface area contributed by atoms with Crippen molar-refractivity contribution in [1.82, 2.24) is 9.78 Å². The van der Waals surface area contributed by atoms with Crippen LogP contribution in [0, 0.1) is 25.5 Å². The minimum Gasteiger partial charge on any atom is -0.384 e. The van der Waals surface area contributed by atoms with Crippen molar-refractivity contribution < 1.29 is 8.78 Å². The number of hydrogen-bond acceptors (Lipinski definition) is 5. The third-order valence-electron chi connectivity index (χ3n) is 3.46. The number of rotatable bonds is 2. The summed E-state index contributed by atoms with van der Waals surface area (Å²) in [6.07, 6.45) is 0.530. The largest absolute Gasteiger partial charge is 0.384 e. The maximum atomic E-state index is 14.2. The zero-order valence-electron chi connectivity index (χ0n) is 12.7. The van der Waals surface area contributed by atoms with Crippen LogP contribution in [-0.2, 0) is 0 Å². The molecule has 0 spiro atoms. The summed E-state index contributed by atoms with van der Waals surface area (Å²) in [6.45, 7) is 3.67. The van der Waals surface area contributed by atoms with E-state index in [2.05, 4.69) is 10.1 Å². The van der Waals surface area contributed by atoms with Gasteiger partial charge < -0.3 is 5.73 Å². The molecular weight excluding hydrogens is 302 g/mol. The summed E-state index contributed by atoms with van der Waals surface area (Å²) in [7, 11) is 0. The molecule has 0 radical (unpaired) electrons. The first-order valence-electron chi connectivity index (χ1n) is 6.95. The standard InChI is InChI=1S/C15H16F2N6/c1-8-5-9(2)23(21-8)14-7-13(18)20-15(19)22(14)12-6-10(16)3-4-11(12)17/h3-7,15H,19H2,1-2H3,(H2,18,20). The van der Waals surface area contributed by atoms with E-state index in [0.29, 0.717) is 5.82 Å². The molecule has 1 aliphatic heterocycles. The fourth-order valence-corrected chi connectivity index (χ4v) is 2.55. The molecule has 0 aliphatic carbocycles. The number of anilines is 1. The fraction of sp³-hybridized carbons (Fsp3) is 0.200. The number of nitrogens with zero attached hydrogens (tertiary/aromatic N) is 4. The van der Waals surface area contributed by atoms with Crippen molar-refractivity contribution in [3.63, 3.8) is 0 Å². The molecule has 1 aliphatic rings. The molecule has 120 valence electrons. The topological polar surface area (TPSA) is 85.5 Å². The highest BCUT2D eigenvalue weighted by Gasteiger charge is 2.28. The van der Waals surface area contributed by atoms with Gasteiger partial charge in [-0.2, -0.15) is 5.10 Å². The van der Waals surface area contributed by atoms with E-state index in [-0.39, 0.29) is 11.5 Å². The summed E-state index contributed by atoms with van der Waals surface area (Å²) in [5.41, 5.74) is 13.3. The monoisotopic (exact) mass is 318 g/mol. The van der Waals surface area contributed by atoms with Gasteiger partial charge in [0.05, 0.1) is 11.4 Å². The lowest BCUT2D eigenvalue weighted by atomic mass is 10.2. The number of aryl methyl sites for hydroxylation is 2. The lowest BCUT2D eigenvalue weighted by Gasteiger charge is -2.33. The lowest BCUT2D eigenvalue weighted by Crippen LogP contribution is -2.46. The molecule has 6 nitrogen and oxygen atoms in total. The van der Waals surface area contributed by atoms with Gasteiger partial charge in [-0.25, -0.2) is 18.5 Å². The molecular formula is C15H16F2N6. The van der Waals surface area contributed by atoms with Gasteiger partial charge in [0.1, 0.15) is 23.3 Å². The van der Waals surface area contributed by atoms with Gasteiger partial charge in [-0.15, -0.1) is 0 Å². The molecule has 23 heavy (non-hydrogen) atoms. The van der Waals surface area contributed by atoms with Crippen LogP contribution in [0.5, 0.6) is 0 Å². The summed E-state index contributed by atoms with van der Waals surface area (Å²) in [5.74, 6) is -0.609. The van der Waals surface area contributed by atoms with Gasteiger partial charge in [0.15, 0.2) is 6.29 Å². The first-order valence-corrected chi connectivity index (χ1v) is 6.95. The average Bonchev–Trinajstić information content (AvgIpc) is 2.80. The Morgan fingerprint density at radius 1 is 1.17 bits per heavy atom. The van der Waals surface area contributed by atoms with Crippen molar-refractivity contribution in [3.8, 4) is 0 Å². The van der Waals surface area contributed by atoms with Crippen LogP contribution in [0.1, 0.15) is 11.4 Å². The Hall–Kier alpha value is -2.74. The van der Waals surface area contributed by atoms with E-state index in [1.54, 1.807) is 4.68 Å². The average molecular weight is 318 g/mol. The van der Waals surface area contributed by atoms with Crippen molar-refractivity contribution in [2.75, 3.05) is 4.90 Å². The summed E-state index contributed by atoms with van der Waals surface area (Å²) >= 11 is 0. The molecule has 0 amide bonds. The molecule has 1 aromatic heterocycles. The summed E-state index contributed by atoms with van der Waals surface area (Å²) in [5, 5.41) is 4.36. The number of aliphatic imine (C=N–C) groups is 1. The van der Waals surface area contributed by atoms with E-state index in [1.165, 1.54) is 11.0 Å². The van der Waals surface area contributed by atoms with Gasteiger partial charge >= 0.3 is 0 Å². The fourth-order valence-electron chi connectivity index (χ4n) is 2.55. The molecule has 1 unspecified atom stereocenters. The van der Waals surface area contributed by atoms with Gasteiger partial charge in [-0.3, -0.25) is 10.6 Å². The number of benzene rings is 1. The highest BCUT2D eigenvalue weighted by molar-refractivity contribution is 5.99. The van der Waals surface area contributed by atoms with Crippen molar-refractivity contribution in [2.24, 2.45) is 16.5 Å². The Balaban J connectivity index is 2.19. The Labute approximate surface area is 131 Å². The highest BCUT2D eigenvalue weighted by Crippen LogP contribution is 2.30. The number of amidine groups is 1. The first kappa shape index (κ1) is 15.2. The van der Waals surface area contributed by atoms with Crippen molar-refractivity contribution >= 4 is 17.3 Å². The van der Waals surface area contributed by atoms with E-state index in [0.717, 1.165) is 29.6 Å². The van der Waals surface area contributed by atoms with Crippen LogP contribution in [0.15, 0.2) is 35.3 Å². The SMILES string of the molecule is Cc1cc(C)n(C2=CC(N)=NC(N)N2c2cc(F)ccc2F)n1. The molecule has 2 heterocycles. The molecule has 0 saturated carbocycles. The second-order valence-corrected chi connectivity index (χ2v) is 5.27. The van der Waals surface area contributed by atoms with E-state index < -0.39 is 17.9 Å². The molecule has 2 aromatic rings. The van der Waals surface area contributed by atoms with Gasteiger partial charge in [0.2, 0.25) is 0 Å². The first-order chi connectivity index (χ1) is 10.9. The van der Waals surface area contributed by atoms with Gasteiger partial charge in [0.25, 0.3) is 0 Å². The van der Waals surface area contributed by atoms with Gasteiger partial charge in [0, 0.05) is 17.8 Å². The van der Waals surface area contributed by atoms with Crippen LogP contribution >= 0.6 is 0 Å². The Morgan fingerprint density at radius 2 is 1.91 bits per heavy atom. The highest BCUT2D eigenvalue weighted by atomic mass is 19.1. The molecule has 3 rings (SSSR count). The quantitative estimate of drug-likeness (QED) is 0.882. The number of halogens is 2. The predicted octanol–water partition coefficient (Wildman–Crippen LogP) is 1.70. The number of aromatic nitrogens is 2. The van der Waals surface area contributed by atoms with E-state index in [1.807, 2.05) is 19.9 Å². The molecule has 1 aromatic carbocycles. The third kappa shape index (κ3) is 2.68. The number of nitrogens with two attached hydrogens (primary N) is 2. The molecule has 0 saturated heterocycles. The van der Waals surface area contributed by atoms with E-state index in [9.17, 15) is 8.78 Å². The normalized spacial score (nSPS) is 18.0. The Kier molecular flexibility index (Phi) is 3.61. The van der Waals surface area contributed by atoms with Crippen LogP contribution in [0.25, 0.3) is 5.82 Å². The van der Waals surface area contributed by atoms with E-state index >= 15 is 0 Å². The van der Waals surface area contributed by atoms with Crippen LogP contribution in [0.4, 0.5) is 14.5 Å². The molecule has 0 fully saturated rings. The molecule has 1 atom stereocenters. The van der Waals surface area contributed by atoms with Crippen molar-refractivity contribution in [2.45, 2.75) is 20.1 Å². The molecule has 4 N–H and O–H groups in total. The summed E-state index contributed by atoms with van der Waals surface area (Å²) < 4.78 is 29.4. The summed E-state index contributed by atoms with van der Waals surface area (Å²) in [4.78, 5) is 5.37. The third-order valence-corrected chi connectivity index (χ3v) is 3.46. The van der Waals surface area contributed by atoms with Crippen molar-refractivity contribution in [1.29, 1.82) is 0 Å². The van der Waals surface area contributed by atoms with E-state index in [4.69, 9.17) is 11.5 Å². The molecule has 0 bridgehead atoms. The summed E-state index contributed by atoms with van der Waals surface area (Å²) in [6, 6.07) is 5.00. The number of hydrogen-bond donors (Lipinski definition) is 2. The van der Waals surface area contributed by atoms with Crippen LogP contribution in [0.3, 0.4) is 0 Å². The lowest BCUT2D eigenvalue weighted by molar-refractivity contribution is 0.585. The second kappa shape index (κ2) is 5.47. The zero-order chi connectivity index (χ0) is 16.7. The van der Waals surface area contributed by atoms with Crippen molar-refractivity contribution in [3.05, 3.63) is 53.4 Å². The Bertz CT molecular complexity index is 823.